The molecule has 0 aliphatic carbocycles. The maximum Gasteiger partial charge on any atom is 0.416 e. The monoisotopic (exact) mass is 407 g/mol. The van der Waals surface area contributed by atoms with E-state index in [0.29, 0.717) is 5.69 Å². The van der Waals surface area contributed by atoms with Crippen LogP contribution in [0.25, 0.3) is 21.9 Å². The molecule has 0 fully saturated rings. The number of anilines is 1. The van der Waals surface area contributed by atoms with Crippen LogP contribution in [0, 0.1) is 6.92 Å². The van der Waals surface area contributed by atoms with Crippen LogP contribution in [-0.2, 0) is 6.18 Å². The Morgan fingerprint density at radius 3 is 2.43 bits per heavy atom. The van der Waals surface area contributed by atoms with Crippen LogP contribution in [-0.4, -0.2) is 16.1 Å². The molecule has 0 radical (unpaired) electrons. The van der Waals surface area contributed by atoms with Gasteiger partial charge in [-0.2, -0.15) is 23.4 Å². The lowest BCUT2D eigenvalue weighted by atomic mass is 9.98. The minimum atomic E-state index is -4.51. The number of nitrogens with one attached hydrogen (secondary N) is 1. The average molecular weight is 407 g/mol. The largest absolute Gasteiger partial charge is 0.416 e. The Morgan fingerprint density at radius 1 is 0.900 bits per heavy atom. The van der Waals surface area contributed by atoms with Crippen molar-refractivity contribution < 1.29 is 18.0 Å². The lowest BCUT2D eigenvalue weighted by molar-refractivity contribution is -0.137. The molecule has 0 atom stereocenters. The molecule has 4 nitrogen and oxygen atoms in total. The molecule has 0 aliphatic heterocycles. The standard InChI is InChI=1S/C23H16F3N3O/c1-14-5-8-20(29-22(30)16-3-2-4-19(10-16)23(24,25)26)11-21(14)15-6-7-17-12-27-28-13-18(17)9-15/h2-13H,1H3,(H,29,30). The topological polar surface area (TPSA) is 54.9 Å². The third-order valence-electron chi connectivity index (χ3n) is 4.81. The van der Waals surface area contributed by atoms with Gasteiger partial charge in [0.15, 0.2) is 0 Å². The molecule has 3 aromatic carbocycles. The number of halogens is 3. The maximum absolute atomic E-state index is 12.9. The normalized spacial score (nSPS) is 11.5. The molecule has 1 N–H and O–H groups in total. The molecule has 0 bridgehead atoms. The highest BCUT2D eigenvalue weighted by Crippen LogP contribution is 2.31. The first-order valence-corrected chi connectivity index (χ1v) is 9.11. The fourth-order valence-corrected chi connectivity index (χ4v) is 3.21. The molecule has 30 heavy (non-hydrogen) atoms. The van der Waals surface area contributed by atoms with E-state index in [0.717, 1.165) is 39.6 Å². The number of benzene rings is 3. The zero-order valence-electron chi connectivity index (χ0n) is 15.9. The van der Waals surface area contributed by atoms with Crippen LogP contribution in [0.1, 0.15) is 21.5 Å². The average Bonchev–Trinajstić information content (AvgIpc) is 2.74. The van der Waals surface area contributed by atoms with Gasteiger partial charge < -0.3 is 5.32 Å². The second-order valence-electron chi connectivity index (χ2n) is 6.90. The van der Waals surface area contributed by atoms with Gasteiger partial charge in [-0.05, 0) is 60.0 Å². The van der Waals surface area contributed by atoms with E-state index in [1.54, 1.807) is 24.5 Å². The van der Waals surface area contributed by atoms with E-state index in [2.05, 4.69) is 15.5 Å². The van der Waals surface area contributed by atoms with Crippen molar-refractivity contribution in [1.82, 2.24) is 10.2 Å². The summed E-state index contributed by atoms with van der Waals surface area (Å²) in [6, 6.07) is 15.6. The summed E-state index contributed by atoms with van der Waals surface area (Å²) >= 11 is 0. The number of carbonyl (C=O) groups excluding carboxylic acids is 1. The Labute approximate surface area is 170 Å². The quantitative estimate of drug-likeness (QED) is 0.462. The van der Waals surface area contributed by atoms with Crippen molar-refractivity contribution >= 4 is 22.4 Å². The summed E-state index contributed by atoms with van der Waals surface area (Å²) in [7, 11) is 0. The Hall–Kier alpha value is -3.74. The molecule has 0 saturated carbocycles. The molecule has 0 aliphatic rings. The number of hydrogen-bond donors (Lipinski definition) is 1. The summed E-state index contributed by atoms with van der Waals surface area (Å²) in [4.78, 5) is 12.5. The molecular weight excluding hydrogens is 391 g/mol. The Kier molecular flexibility index (Phi) is 4.95. The molecule has 0 spiro atoms. The molecule has 0 saturated heterocycles. The van der Waals surface area contributed by atoms with Crippen molar-refractivity contribution in [2.24, 2.45) is 0 Å². The summed E-state index contributed by atoms with van der Waals surface area (Å²) < 4.78 is 38.7. The smallest absolute Gasteiger partial charge is 0.322 e. The van der Waals surface area contributed by atoms with Crippen LogP contribution in [0.2, 0.25) is 0 Å². The summed E-state index contributed by atoms with van der Waals surface area (Å²) in [5.41, 5.74) is 2.40. The first-order valence-electron chi connectivity index (χ1n) is 9.11. The van der Waals surface area contributed by atoms with Crippen LogP contribution in [0.5, 0.6) is 0 Å². The molecule has 0 unspecified atom stereocenters. The predicted molar refractivity (Wildman–Crippen MR) is 109 cm³/mol. The molecule has 4 aromatic rings. The zero-order valence-corrected chi connectivity index (χ0v) is 15.9. The second-order valence-corrected chi connectivity index (χ2v) is 6.90. The van der Waals surface area contributed by atoms with E-state index in [-0.39, 0.29) is 5.56 Å². The van der Waals surface area contributed by atoms with Gasteiger partial charge in [0, 0.05) is 22.0 Å². The predicted octanol–water partition coefficient (Wildman–Crippen LogP) is 5.88. The van der Waals surface area contributed by atoms with Crippen LogP contribution in [0.3, 0.4) is 0 Å². The van der Waals surface area contributed by atoms with Gasteiger partial charge >= 0.3 is 6.18 Å². The van der Waals surface area contributed by atoms with Crippen molar-refractivity contribution in [2.75, 3.05) is 5.32 Å². The minimum absolute atomic E-state index is 0.0590. The van der Waals surface area contributed by atoms with E-state index < -0.39 is 17.6 Å². The van der Waals surface area contributed by atoms with Crippen molar-refractivity contribution in [1.29, 1.82) is 0 Å². The SMILES string of the molecule is Cc1ccc(NC(=O)c2cccc(C(F)(F)F)c2)cc1-c1ccc2cnncc2c1. The number of rotatable bonds is 3. The highest BCUT2D eigenvalue weighted by Gasteiger charge is 2.30. The molecule has 4 rings (SSSR count). The van der Waals surface area contributed by atoms with E-state index in [1.165, 1.54) is 12.1 Å². The summed E-state index contributed by atoms with van der Waals surface area (Å²) in [5.74, 6) is -0.607. The molecule has 150 valence electrons. The van der Waals surface area contributed by atoms with Gasteiger partial charge in [0.05, 0.1) is 18.0 Å². The number of hydrogen-bond acceptors (Lipinski definition) is 3. The van der Waals surface area contributed by atoms with Crippen molar-refractivity contribution in [3.8, 4) is 11.1 Å². The molecule has 1 heterocycles. The molecular formula is C23H16F3N3O. The van der Waals surface area contributed by atoms with Gasteiger partial charge in [-0.15, -0.1) is 0 Å². The van der Waals surface area contributed by atoms with Gasteiger partial charge in [-0.1, -0.05) is 24.3 Å². The van der Waals surface area contributed by atoms with Gasteiger partial charge in [-0.25, -0.2) is 0 Å². The number of nitrogens with zero attached hydrogens (tertiary/aromatic N) is 2. The van der Waals surface area contributed by atoms with E-state index in [4.69, 9.17) is 0 Å². The molecule has 7 heteroatoms. The van der Waals surface area contributed by atoms with E-state index in [9.17, 15) is 18.0 Å². The molecule has 1 amide bonds. The molecule has 1 aromatic heterocycles. The van der Waals surface area contributed by atoms with Gasteiger partial charge in [0.25, 0.3) is 5.91 Å². The number of aromatic nitrogens is 2. The fraction of sp³-hybridized carbons (Fsp3) is 0.0870. The Morgan fingerprint density at radius 2 is 1.67 bits per heavy atom. The van der Waals surface area contributed by atoms with Crippen LogP contribution in [0.15, 0.2) is 73.1 Å². The van der Waals surface area contributed by atoms with E-state index in [1.807, 2.05) is 31.2 Å². The number of fused-ring (bicyclic) bond motifs is 1. The Bertz CT molecular complexity index is 1250. The third-order valence-corrected chi connectivity index (χ3v) is 4.81. The van der Waals surface area contributed by atoms with Crippen molar-refractivity contribution in [2.45, 2.75) is 13.1 Å². The zero-order chi connectivity index (χ0) is 21.3. The lowest BCUT2D eigenvalue weighted by Gasteiger charge is -2.12. The first-order chi connectivity index (χ1) is 14.3. The van der Waals surface area contributed by atoms with E-state index >= 15 is 0 Å². The number of carbonyl (C=O) groups is 1. The minimum Gasteiger partial charge on any atom is -0.322 e. The van der Waals surface area contributed by atoms with Crippen molar-refractivity contribution in [3.63, 3.8) is 0 Å². The summed E-state index contributed by atoms with van der Waals surface area (Å²) in [6.07, 6.45) is -1.15. The summed E-state index contributed by atoms with van der Waals surface area (Å²) in [5, 5.41) is 12.3. The van der Waals surface area contributed by atoms with Gasteiger partial charge in [-0.3, -0.25) is 4.79 Å². The third kappa shape index (κ3) is 4.00. The van der Waals surface area contributed by atoms with Gasteiger partial charge in [0.1, 0.15) is 0 Å². The number of alkyl halides is 3. The first kappa shape index (κ1) is 19.6. The maximum atomic E-state index is 12.9. The highest BCUT2D eigenvalue weighted by molar-refractivity contribution is 6.04. The Balaban J connectivity index is 1.64. The highest BCUT2D eigenvalue weighted by atomic mass is 19.4. The van der Waals surface area contributed by atoms with Crippen LogP contribution >= 0.6 is 0 Å². The number of amides is 1. The second kappa shape index (κ2) is 7.59. The van der Waals surface area contributed by atoms with Crippen LogP contribution < -0.4 is 5.32 Å². The number of aryl methyl sites for hydroxylation is 1. The lowest BCUT2D eigenvalue weighted by Crippen LogP contribution is -2.14. The van der Waals surface area contributed by atoms with Crippen LogP contribution in [0.4, 0.5) is 18.9 Å². The van der Waals surface area contributed by atoms with Crippen molar-refractivity contribution in [3.05, 3.63) is 89.7 Å². The van der Waals surface area contributed by atoms with Gasteiger partial charge in [0.2, 0.25) is 0 Å². The fourth-order valence-electron chi connectivity index (χ4n) is 3.21. The summed E-state index contributed by atoms with van der Waals surface area (Å²) in [6.45, 7) is 1.95.